The predicted molar refractivity (Wildman–Crippen MR) is 60.6 cm³/mol. The Hall–Kier alpha value is -0.690. The first-order valence-electron chi connectivity index (χ1n) is 5.59. The Morgan fingerprint density at radius 1 is 1.35 bits per heavy atom. The number of carbonyl (C=O) groups excluding carboxylic acids is 1. The lowest BCUT2D eigenvalue weighted by Gasteiger charge is -2.39. The fourth-order valence-corrected chi connectivity index (χ4v) is 2.03. The van der Waals surface area contributed by atoms with Gasteiger partial charge in [0.15, 0.2) is 6.29 Å². The fourth-order valence-electron chi connectivity index (χ4n) is 2.03. The van der Waals surface area contributed by atoms with E-state index in [2.05, 4.69) is 5.32 Å². The fraction of sp³-hybridized carbons (Fsp3) is 0.909. The van der Waals surface area contributed by atoms with Crippen LogP contribution in [0.25, 0.3) is 0 Å². The SMILES string of the molecule is COC[C@H]1O[C@@H](OC)[C@@H](NC(C)=O)C[C@@H]1OC. The largest absolute Gasteiger partial charge is 0.382 e. The molecule has 0 aromatic carbocycles. The van der Waals surface area contributed by atoms with E-state index in [0.717, 1.165) is 0 Å². The molecule has 0 spiro atoms. The highest BCUT2D eigenvalue weighted by Gasteiger charge is 2.38. The van der Waals surface area contributed by atoms with Crippen LogP contribution in [0.3, 0.4) is 0 Å². The molecule has 0 aromatic rings. The maximum atomic E-state index is 11.1. The van der Waals surface area contributed by atoms with Crippen LogP contribution in [0.1, 0.15) is 13.3 Å². The number of amides is 1. The van der Waals surface area contributed by atoms with E-state index in [1.807, 2.05) is 0 Å². The third-order valence-corrected chi connectivity index (χ3v) is 2.79. The third-order valence-electron chi connectivity index (χ3n) is 2.79. The number of hydrogen-bond donors (Lipinski definition) is 1. The molecule has 1 heterocycles. The van der Waals surface area contributed by atoms with Gasteiger partial charge >= 0.3 is 0 Å². The van der Waals surface area contributed by atoms with Crippen molar-refractivity contribution in [1.29, 1.82) is 0 Å². The Morgan fingerprint density at radius 2 is 2.06 bits per heavy atom. The molecular weight excluding hydrogens is 226 g/mol. The average molecular weight is 247 g/mol. The highest BCUT2D eigenvalue weighted by atomic mass is 16.7. The predicted octanol–water partition coefficient (Wildman–Crippen LogP) is -0.0861. The van der Waals surface area contributed by atoms with Crippen LogP contribution in [0.4, 0.5) is 0 Å². The summed E-state index contributed by atoms with van der Waals surface area (Å²) in [6.07, 6.45) is -0.119. The number of carbonyl (C=O) groups is 1. The molecule has 4 atom stereocenters. The van der Waals surface area contributed by atoms with E-state index in [1.165, 1.54) is 6.92 Å². The van der Waals surface area contributed by atoms with Gasteiger partial charge < -0.3 is 24.3 Å². The van der Waals surface area contributed by atoms with Gasteiger partial charge in [-0.25, -0.2) is 0 Å². The van der Waals surface area contributed by atoms with Crippen LogP contribution in [0.5, 0.6) is 0 Å². The maximum absolute atomic E-state index is 11.1. The van der Waals surface area contributed by atoms with E-state index < -0.39 is 6.29 Å². The quantitative estimate of drug-likeness (QED) is 0.735. The maximum Gasteiger partial charge on any atom is 0.217 e. The smallest absolute Gasteiger partial charge is 0.217 e. The molecule has 0 unspecified atom stereocenters. The lowest BCUT2D eigenvalue weighted by molar-refractivity contribution is -0.238. The van der Waals surface area contributed by atoms with Crippen LogP contribution in [0.2, 0.25) is 0 Å². The Kier molecular flexibility index (Phi) is 5.84. The van der Waals surface area contributed by atoms with Crippen LogP contribution in [-0.4, -0.2) is 58.4 Å². The Balaban J connectivity index is 2.66. The van der Waals surface area contributed by atoms with Crippen LogP contribution < -0.4 is 5.32 Å². The van der Waals surface area contributed by atoms with E-state index >= 15 is 0 Å². The highest BCUT2D eigenvalue weighted by molar-refractivity contribution is 5.73. The normalized spacial score (nSPS) is 33.4. The third kappa shape index (κ3) is 3.92. The van der Waals surface area contributed by atoms with Crippen LogP contribution in [-0.2, 0) is 23.7 Å². The summed E-state index contributed by atoms with van der Waals surface area (Å²) in [6.45, 7) is 1.90. The standard InChI is InChI=1S/C11H21NO5/c1-7(13)12-8-5-9(15-3)10(6-14-2)17-11(8)16-4/h8-11H,5-6H2,1-4H3,(H,12,13)/t8-,9-,10+,11+/m0/s1. The molecule has 6 nitrogen and oxygen atoms in total. The first kappa shape index (κ1) is 14.4. The van der Waals surface area contributed by atoms with E-state index in [-0.39, 0.29) is 24.2 Å². The van der Waals surface area contributed by atoms with Gasteiger partial charge in [0, 0.05) is 34.7 Å². The molecule has 0 aliphatic carbocycles. The number of ether oxygens (including phenoxy) is 4. The van der Waals surface area contributed by atoms with Crippen LogP contribution in [0, 0.1) is 0 Å². The van der Waals surface area contributed by atoms with E-state index in [4.69, 9.17) is 18.9 Å². The second kappa shape index (κ2) is 6.90. The summed E-state index contributed by atoms with van der Waals surface area (Å²) in [6, 6.07) is -0.199. The van der Waals surface area contributed by atoms with E-state index in [0.29, 0.717) is 13.0 Å². The van der Waals surface area contributed by atoms with Crippen molar-refractivity contribution >= 4 is 5.91 Å². The molecule has 100 valence electrons. The molecule has 1 aliphatic rings. The molecule has 1 saturated heterocycles. The lowest BCUT2D eigenvalue weighted by atomic mass is 10.0. The highest BCUT2D eigenvalue weighted by Crippen LogP contribution is 2.23. The van der Waals surface area contributed by atoms with Crippen molar-refractivity contribution in [2.24, 2.45) is 0 Å². The van der Waals surface area contributed by atoms with Gasteiger partial charge in [-0.15, -0.1) is 0 Å². The van der Waals surface area contributed by atoms with Crippen molar-refractivity contribution in [2.45, 2.75) is 37.9 Å². The second-order valence-electron chi connectivity index (χ2n) is 4.05. The van der Waals surface area contributed by atoms with E-state index in [1.54, 1.807) is 21.3 Å². The topological polar surface area (TPSA) is 66.0 Å². The zero-order valence-electron chi connectivity index (χ0n) is 10.8. The van der Waals surface area contributed by atoms with Crippen molar-refractivity contribution in [2.75, 3.05) is 27.9 Å². The van der Waals surface area contributed by atoms with Gasteiger partial charge in [-0.1, -0.05) is 0 Å². The van der Waals surface area contributed by atoms with Gasteiger partial charge in [0.05, 0.1) is 18.8 Å². The number of nitrogens with one attached hydrogen (secondary N) is 1. The zero-order valence-corrected chi connectivity index (χ0v) is 10.8. The summed E-state index contributed by atoms with van der Waals surface area (Å²) in [5.74, 6) is -0.110. The molecule has 0 aromatic heterocycles. The summed E-state index contributed by atoms with van der Waals surface area (Å²) in [7, 11) is 4.78. The minimum Gasteiger partial charge on any atom is -0.382 e. The van der Waals surface area contributed by atoms with Gasteiger partial charge in [0.1, 0.15) is 6.10 Å². The van der Waals surface area contributed by atoms with Gasteiger partial charge in [-0.3, -0.25) is 4.79 Å². The number of rotatable bonds is 5. The minimum absolute atomic E-state index is 0.110. The molecule has 0 bridgehead atoms. The number of methoxy groups -OCH3 is 3. The van der Waals surface area contributed by atoms with Gasteiger partial charge in [-0.05, 0) is 0 Å². The van der Waals surface area contributed by atoms with Gasteiger partial charge in [-0.2, -0.15) is 0 Å². The Labute approximate surface area is 102 Å². The van der Waals surface area contributed by atoms with Gasteiger partial charge in [0.25, 0.3) is 0 Å². The van der Waals surface area contributed by atoms with Crippen molar-refractivity contribution < 1.29 is 23.7 Å². The summed E-state index contributed by atoms with van der Waals surface area (Å²) in [5, 5.41) is 2.80. The molecule has 1 fully saturated rings. The Bertz CT molecular complexity index is 248. The van der Waals surface area contributed by atoms with E-state index in [9.17, 15) is 4.79 Å². The molecule has 0 radical (unpaired) electrons. The Morgan fingerprint density at radius 3 is 2.53 bits per heavy atom. The van der Waals surface area contributed by atoms with Crippen molar-refractivity contribution in [1.82, 2.24) is 5.32 Å². The molecular formula is C11H21NO5. The summed E-state index contributed by atoms with van der Waals surface area (Å²) >= 11 is 0. The monoisotopic (exact) mass is 247 g/mol. The molecule has 6 heteroatoms. The zero-order chi connectivity index (χ0) is 12.8. The summed E-state index contributed by atoms with van der Waals surface area (Å²) in [5.41, 5.74) is 0. The molecule has 1 N–H and O–H groups in total. The molecule has 0 saturated carbocycles. The van der Waals surface area contributed by atoms with Crippen LogP contribution >= 0.6 is 0 Å². The molecule has 1 rings (SSSR count). The average Bonchev–Trinajstić information content (AvgIpc) is 2.30. The molecule has 17 heavy (non-hydrogen) atoms. The van der Waals surface area contributed by atoms with Crippen LogP contribution in [0.15, 0.2) is 0 Å². The number of hydrogen-bond acceptors (Lipinski definition) is 5. The first-order chi connectivity index (χ1) is 8.12. The lowest BCUT2D eigenvalue weighted by Crippen LogP contribution is -2.56. The molecule has 1 amide bonds. The van der Waals surface area contributed by atoms with Crippen molar-refractivity contribution in [3.8, 4) is 0 Å². The summed E-state index contributed by atoms with van der Waals surface area (Å²) < 4.78 is 21.4. The second-order valence-corrected chi connectivity index (χ2v) is 4.05. The van der Waals surface area contributed by atoms with Crippen molar-refractivity contribution in [3.05, 3.63) is 0 Å². The summed E-state index contributed by atoms with van der Waals surface area (Å²) in [4.78, 5) is 11.1. The van der Waals surface area contributed by atoms with Crippen molar-refractivity contribution in [3.63, 3.8) is 0 Å². The minimum atomic E-state index is -0.467. The first-order valence-corrected chi connectivity index (χ1v) is 5.59. The van der Waals surface area contributed by atoms with Gasteiger partial charge in [0.2, 0.25) is 5.91 Å². The molecule has 1 aliphatic heterocycles.